The summed E-state index contributed by atoms with van der Waals surface area (Å²) in [5.74, 6) is 1.22. The molecule has 2 heterocycles. The van der Waals surface area contributed by atoms with E-state index in [2.05, 4.69) is 24.1 Å². The van der Waals surface area contributed by atoms with Crippen LogP contribution in [0.15, 0.2) is 0 Å². The van der Waals surface area contributed by atoms with Gasteiger partial charge >= 0.3 is 0 Å². The zero-order chi connectivity index (χ0) is 13.7. The Morgan fingerprint density at radius 2 is 2.11 bits per heavy atom. The van der Waals surface area contributed by atoms with Crippen LogP contribution < -0.4 is 5.32 Å². The number of rotatable bonds is 4. The smallest absolute Gasteiger partial charge is 0.242 e. The summed E-state index contributed by atoms with van der Waals surface area (Å²) >= 11 is 0. The fourth-order valence-corrected chi connectivity index (χ4v) is 3.82. The van der Waals surface area contributed by atoms with Crippen molar-refractivity contribution >= 4 is 5.91 Å². The van der Waals surface area contributed by atoms with Gasteiger partial charge in [-0.05, 0) is 51.0 Å². The molecule has 0 aliphatic carbocycles. The molecule has 2 atom stereocenters. The van der Waals surface area contributed by atoms with E-state index in [1.807, 2.05) is 0 Å². The summed E-state index contributed by atoms with van der Waals surface area (Å²) in [6, 6.07) is 0. The van der Waals surface area contributed by atoms with E-state index in [0.717, 1.165) is 51.2 Å². The Kier molecular flexibility index (Phi) is 5.26. The van der Waals surface area contributed by atoms with Crippen molar-refractivity contribution in [1.29, 1.82) is 0 Å². The second-order valence-corrected chi connectivity index (χ2v) is 6.36. The van der Waals surface area contributed by atoms with Crippen molar-refractivity contribution in [2.45, 2.75) is 70.8 Å². The van der Waals surface area contributed by atoms with E-state index in [0.29, 0.717) is 5.91 Å². The lowest BCUT2D eigenvalue weighted by Gasteiger charge is -2.34. The van der Waals surface area contributed by atoms with Gasteiger partial charge in [-0.2, -0.15) is 0 Å². The molecule has 0 saturated carbocycles. The quantitative estimate of drug-likeness (QED) is 0.848. The fourth-order valence-electron chi connectivity index (χ4n) is 3.82. The van der Waals surface area contributed by atoms with Crippen LogP contribution in [-0.2, 0) is 4.79 Å². The largest absolute Gasteiger partial charge is 0.341 e. The number of hydrogen-bond donors (Lipinski definition) is 1. The van der Waals surface area contributed by atoms with Crippen LogP contribution >= 0.6 is 0 Å². The summed E-state index contributed by atoms with van der Waals surface area (Å²) in [6.45, 7) is 7.42. The summed E-state index contributed by atoms with van der Waals surface area (Å²) in [7, 11) is 0. The molecule has 110 valence electrons. The number of amides is 1. The van der Waals surface area contributed by atoms with E-state index in [4.69, 9.17) is 0 Å². The van der Waals surface area contributed by atoms with Crippen LogP contribution in [0.25, 0.3) is 0 Å². The van der Waals surface area contributed by atoms with E-state index in [-0.39, 0.29) is 5.54 Å². The molecule has 2 aliphatic rings. The number of nitrogens with one attached hydrogen (secondary N) is 1. The van der Waals surface area contributed by atoms with Crippen molar-refractivity contribution < 1.29 is 4.79 Å². The molecule has 0 aromatic heterocycles. The zero-order valence-electron chi connectivity index (χ0n) is 12.7. The number of hydrogen-bond acceptors (Lipinski definition) is 2. The van der Waals surface area contributed by atoms with Crippen molar-refractivity contribution in [1.82, 2.24) is 10.2 Å². The van der Waals surface area contributed by atoms with Gasteiger partial charge < -0.3 is 10.2 Å². The molecule has 0 bridgehead atoms. The zero-order valence-corrected chi connectivity index (χ0v) is 12.7. The molecule has 2 unspecified atom stereocenters. The molecule has 2 rings (SSSR count). The van der Waals surface area contributed by atoms with Crippen LogP contribution in [0.3, 0.4) is 0 Å². The van der Waals surface area contributed by atoms with Crippen LogP contribution in [0.2, 0.25) is 0 Å². The second kappa shape index (κ2) is 6.74. The van der Waals surface area contributed by atoms with Gasteiger partial charge in [0.15, 0.2) is 0 Å². The molecule has 3 nitrogen and oxygen atoms in total. The first-order chi connectivity index (χ1) is 9.22. The molecular weight excluding hydrogens is 236 g/mol. The minimum absolute atomic E-state index is 0.221. The maximum absolute atomic E-state index is 12.9. The number of carbonyl (C=O) groups excluding carboxylic acids is 1. The molecule has 2 saturated heterocycles. The molecule has 0 radical (unpaired) electrons. The molecule has 2 aliphatic heterocycles. The molecule has 0 aromatic carbocycles. The van der Waals surface area contributed by atoms with Crippen molar-refractivity contribution in [2.24, 2.45) is 5.92 Å². The predicted octanol–water partition coefficient (Wildman–Crippen LogP) is 2.95. The third kappa shape index (κ3) is 3.31. The van der Waals surface area contributed by atoms with Gasteiger partial charge in [-0.15, -0.1) is 0 Å². The Labute approximate surface area is 118 Å². The molecule has 0 spiro atoms. The summed E-state index contributed by atoms with van der Waals surface area (Å²) < 4.78 is 0. The van der Waals surface area contributed by atoms with Crippen LogP contribution in [0.1, 0.15) is 65.2 Å². The first kappa shape index (κ1) is 14.8. The van der Waals surface area contributed by atoms with E-state index in [1.165, 1.54) is 25.7 Å². The minimum Gasteiger partial charge on any atom is -0.341 e. The lowest BCUT2D eigenvalue weighted by molar-refractivity contribution is -0.138. The maximum Gasteiger partial charge on any atom is 0.242 e. The second-order valence-electron chi connectivity index (χ2n) is 6.36. The molecule has 1 N–H and O–H groups in total. The van der Waals surface area contributed by atoms with Crippen molar-refractivity contribution in [3.05, 3.63) is 0 Å². The van der Waals surface area contributed by atoms with E-state index >= 15 is 0 Å². The highest BCUT2D eigenvalue weighted by atomic mass is 16.2. The van der Waals surface area contributed by atoms with Gasteiger partial charge in [-0.25, -0.2) is 0 Å². The normalized spacial score (nSPS) is 32.3. The summed E-state index contributed by atoms with van der Waals surface area (Å²) in [5, 5.41) is 3.52. The maximum atomic E-state index is 12.9. The highest BCUT2D eigenvalue weighted by molar-refractivity contribution is 5.86. The van der Waals surface area contributed by atoms with Gasteiger partial charge in [0.2, 0.25) is 5.91 Å². The van der Waals surface area contributed by atoms with Crippen LogP contribution in [0.5, 0.6) is 0 Å². The molecule has 0 aromatic rings. The topological polar surface area (TPSA) is 32.3 Å². The Morgan fingerprint density at radius 3 is 2.74 bits per heavy atom. The van der Waals surface area contributed by atoms with E-state index in [1.54, 1.807) is 0 Å². The highest BCUT2D eigenvalue weighted by Crippen LogP contribution is 2.29. The van der Waals surface area contributed by atoms with Crippen molar-refractivity contribution in [2.75, 3.05) is 19.6 Å². The van der Waals surface area contributed by atoms with Gasteiger partial charge in [0, 0.05) is 13.1 Å². The lowest BCUT2D eigenvalue weighted by Crippen LogP contribution is -2.55. The van der Waals surface area contributed by atoms with Crippen LogP contribution in [0, 0.1) is 5.92 Å². The lowest BCUT2D eigenvalue weighted by atomic mass is 9.90. The fraction of sp³-hybridized carbons (Fsp3) is 0.938. The predicted molar refractivity (Wildman–Crippen MR) is 79.1 cm³/mol. The molecular formula is C16H30N2O. The third-order valence-electron chi connectivity index (χ3n) is 5.04. The SMILES string of the molecule is CCCC1(C(=O)N2CCCC(CC)CC2)CCCN1. The Bertz CT molecular complexity index is 297. The summed E-state index contributed by atoms with van der Waals surface area (Å²) in [4.78, 5) is 15.1. The minimum atomic E-state index is -0.221. The molecule has 19 heavy (non-hydrogen) atoms. The summed E-state index contributed by atoms with van der Waals surface area (Å²) in [6.07, 6.45) is 9.22. The van der Waals surface area contributed by atoms with E-state index < -0.39 is 0 Å². The van der Waals surface area contributed by atoms with E-state index in [9.17, 15) is 4.79 Å². The standard InChI is InChI=1S/C16H30N2O/c1-3-9-16(10-6-11-17-16)15(19)18-12-5-7-14(4-2)8-13-18/h14,17H,3-13H2,1-2H3. The molecule has 3 heteroatoms. The van der Waals surface area contributed by atoms with Gasteiger partial charge in [0.05, 0.1) is 5.54 Å². The number of nitrogens with zero attached hydrogens (tertiary/aromatic N) is 1. The number of carbonyl (C=O) groups is 1. The van der Waals surface area contributed by atoms with Gasteiger partial charge in [0.1, 0.15) is 0 Å². The Morgan fingerprint density at radius 1 is 1.26 bits per heavy atom. The van der Waals surface area contributed by atoms with Crippen molar-refractivity contribution in [3.63, 3.8) is 0 Å². The van der Waals surface area contributed by atoms with Crippen LogP contribution in [-0.4, -0.2) is 36.0 Å². The number of likely N-dealkylation sites (tertiary alicyclic amines) is 1. The van der Waals surface area contributed by atoms with Gasteiger partial charge in [-0.1, -0.05) is 26.7 Å². The monoisotopic (exact) mass is 266 g/mol. The average Bonchev–Trinajstić information content (AvgIpc) is 2.76. The van der Waals surface area contributed by atoms with Gasteiger partial charge in [-0.3, -0.25) is 4.79 Å². The summed E-state index contributed by atoms with van der Waals surface area (Å²) in [5.41, 5.74) is -0.221. The van der Waals surface area contributed by atoms with Crippen molar-refractivity contribution in [3.8, 4) is 0 Å². The Balaban J connectivity index is 2.01. The molecule has 2 fully saturated rings. The Hall–Kier alpha value is -0.570. The third-order valence-corrected chi connectivity index (χ3v) is 5.04. The highest BCUT2D eigenvalue weighted by Gasteiger charge is 2.42. The van der Waals surface area contributed by atoms with Crippen LogP contribution in [0.4, 0.5) is 0 Å². The van der Waals surface area contributed by atoms with Gasteiger partial charge in [0.25, 0.3) is 0 Å². The average molecular weight is 266 g/mol. The first-order valence-corrected chi connectivity index (χ1v) is 8.26. The molecule has 1 amide bonds. The first-order valence-electron chi connectivity index (χ1n) is 8.26.